The third-order valence-electron chi connectivity index (χ3n) is 4.65. The molecule has 3 N–H and O–H groups in total. The smallest absolute Gasteiger partial charge is 0.368 e. The second-order valence-electron chi connectivity index (χ2n) is 7.53. The van der Waals surface area contributed by atoms with Gasteiger partial charge in [0.05, 0.1) is 11.3 Å². The fraction of sp³-hybridized carbons (Fsp3) is 0.182. The molecule has 0 aliphatic carbocycles. The molecule has 2 aromatic carbocycles. The Hall–Kier alpha value is -3.94. The van der Waals surface area contributed by atoms with Gasteiger partial charge >= 0.3 is 12.4 Å². The Morgan fingerprint density at radius 3 is 2.19 bits per heavy atom. The Morgan fingerprint density at radius 2 is 1.65 bits per heavy atom. The minimum Gasteiger partial charge on any atom is -0.368 e. The Labute approximate surface area is 208 Å². The first-order valence-corrected chi connectivity index (χ1v) is 10.4. The van der Waals surface area contributed by atoms with Gasteiger partial charge in [-0.25, -0.2) is 9.38 Å². The molecule has 1 heterocycles. The summed E-state index contributed by atoms with van der Waals surface area (Å²) in [5.74, 6) is -3.14. The van der Waals surface area contributed by atoms with Gasteiger partial charge in [0, 0.05) is 22.7 Å². The summed E-state index contributed by atoms with van der Waals surface area (Å²) in [6.45, 7) is -0.739. The van der Waals surface area contributed by atoms with E-state index in [4.69, 9.17) is 17.3 Å². The van der Waals surface area contributed by atoms with Crippen LogP contribution < -0.4 is 11.1 Å². The van der Waals surface area contributed by atoms with Gasteiger partial charge in [-0.3, -0.25) is 14.3 Å². The van der Waals surface area contributed by atoms with Crippen molar-refractivity contribution < 1.29 is 40.3 Å². The lowest BCUT2D eigenvalue weighted by molar-refractivity contribution is -0.141. The maximum atomic E-state index is 13.8. The van der Waals surface area contributed by atoms with Crippen LogP contribution >= 0.6 is 11.6 Å². The number of carbonyl (C=O) groups is 2. The van der Waals surface area contributed by atoms with Crippen LogP contribution in [0.3, 0.4) is 0 Å². The molecule has 3 aromatic rings. The van der Waals surface area contributed by atoms with Crippen LogP contribution in [0, 0.1) is 5.82 Å². The third-order valence-corrected chi connectivity index (χ3v) is 4.87. The lowest BCUT2D eigenvalue weighted by atomic mass is 10.1. The van der Waals surface area contributed by atoms with Crippen molar-refractivity contribution in [3.05, 3.63) is 81.9 Å². The largest absolute Gasteiger partial charge is 0.435 e. The molecule has 15 heteroatoms. The van der Waals surface area contributed by atoms with Crippen LogP contribution in [0.25, 0.3) is 0 Å². The summed E-state index contributed by atoms with van der Waals surface area (Å²) in [5.41, 5.74) is 2.09. The van der Waals surface area contributed by atoms with Crippen LogP contribution in [0.4, 0.5) is 36.4 Å². The summed E-state index contributed by atoms with van der Waals surface area (Å²) in [5, 5.41) is 5.52. The first-order valence-electron chi connectivity index (χ1n) is 10.1. The van der Waals surface area contributed by atoms with Crippen LogP contribution in [0.15, 0.2) is 53.5 Å². The van der Waals surface area contributed by atoms with Gasteiger partial charge in [-0.2, -0.15) is 31.4 Å². The number of hydrogen-bond donors (Lipinski definition) is 2. The topological polar surface area (TPSA) is 102 Å². The van der Waals surface area contributed by atoms with E-state index < -0.39 is 54.2 Å². The van der Waals surface area contributed by atoms with Gasteiger partial charge in [0.15, 0.2) is 5.69 Å². The molecule has 1 aromatic heterocycles. The van der Waals surface area contributed by atoms with Crippen LogP contribution in [0.5, 0.6) is 0 Å². The number of primary amides is 1. The zero-order valence-corrected chi connectivity index (χ0v) is 19.0. The van der Waals surface area contributed by atoms with Gasteiger partial charge in [0.1, 0.15) is 18.2 Å². The van der Waals surface area contributed by atoms with Crippen molar-refractivity contribution in [2.75, 3.05) is 0 Å². The number of amides is 2. The molecule has 2 amide bonds. The highest BCUT2D eigenvalue weighted by Gasteiger charge is 2.35. The maximum absolute atomic E-state index is 13.8. The summed E-state index contributed by atoms with van der Waals surface area (Å²) in [6, 6.07) is 6.75. The van der Waals surface area contributed by atoms with Crippen molar-refractivity contribution in [1.29, 1.82) is 0 Å². The third kappa shape index (κ3) is 7.52. The molecule has 0 atom stereocenters. The molecule has 0 radical (unpaired) electrons. The summed E-state index contributed by atoms with van der Waals surface area (Å²) in [4.78, 5) is 28.1. The Balaban J connectivity index is 2.01. The number of rotatable bonds is 6. The van der Waals surface area contributed by atoms with E-state index in [9.17, 15) is 40.3 Å². The number of carbonyl (C=O) groups excluding carboxylic acids is 2. The molecule has 0 bridgehead atoms. The standard InChI is InChI=1S/C22H15ClF7N5O2/c23-13-5-14(24)7-15(6-13)32-19(33-20(37)11-1-3-12(4-2-11)21(25,26)27)9-16-8-17(22(28,29)30)34-35(16)10-18(31)36/h1-8H,9-10H2,(H2,31,36)(H,32,33,37). The van der Waals surface area contributed by atoms with Crippen molar-refractivity contribution in [3.63, 3.8) is 0 Å². The van der Waals surface area contributed by atoms with Crippen LogP contribution in [-0.2, 0) is 30.1 Å². The molecule has 0 aliphatic rings. The number of nitrogens with zero attached hydrogens (tertiary/aromatic N) is 3. The minimum absolute atomic E-state index is 0.0784. The lowest BCUT2D eigenvalue weighted by Gasteiger charge is -2.12. The van der Waals surface area contributed by atoms with E-state index in [-0.39, 0.29) is 27.8 Å². The fourth-order valence-electron chi connectivity index (χ4n) is 3.08. The predicted molar refractivity (Wildman–Crippen MR) is 118 cm³/mol. The van der Waals surface area contributed by atoms with Gasteiger partial charge in [0.2, 0.25) is 5.91 Å². The zero-order chi connectivity index (χ0) is 27.5. The number of amidine groups is 1. The number of hydrogen-bond acceptors (Lipinski definition) is 4. The van der Waals surface area contributed by atoms with Crippen LogP contribution in [0.1, 0.15) is 27.3 Å². The molecule has 196 valence electrons. The van der Waals surface area contributed by atoms with Crippen molar-refractivity contribution >= 4 is 34.9 Å². The Bertz CT molecular complexity index is 1330. The Morgan fingerprint density at radius 1 is 1.00 bits per heavy atom. The van der Waals surface area contributed by atoms with E-state index in [1.165, 1.54) is 6.07 Å². The van der Waals surface area contributed by atoms with E-state index in [0.717, 1.165) is 24.3 Å². The summed E-state index contributed by atoms with van der Waals surface area (Å²) >= 11 is 5.80. The summed E-state index contributed by atoms with van der Waals surface area (Å²) in [7, 11) is 0. The normalized spacial score (nSPS) is 12.5. The first kappa shape index (κ1) is 27.6. The SMILES string of the molecule is NC(=O)Cn1nc(C(F)(F)F)cc1CC(=Nc1cc(F)cc(Cl)c1)NC(=O)c1ccc(C(F)(F)F)cc1. The molecule has 3 rings (SSSR count). The highest BCUT2D eigenvalue weighted by molar-refractivity contribution is 6.30. The van der Waals surface area contributed by atoms with E-state index >= 15 is 0 Å². The van der Waals surface area contributed by atoms with Crippen molar-refractivity contribution in [2.45, 2.75) is 25.3 Å². The van der Waals surface area contributed by atoms with Crippen molar-refractivity contribution in [1.82, 2.24) is 15.1 Å². The number of aromatic nitrogens is 2. The van der Waals surface area contributed by atoms with E-state index in [1.807, 2.05) is 0 Å². The average molecular weight is 550 g/mol. The predicted octanol–water partition coefficient (Wildman–Crippen LogP) is 4.90. The fourth-order valence-corrected chi connectivity index (χ4v) is 3.29. The first-order chi connectivity index (χ1) is 17.1. The molecule has 37 heavy (non-hydrogen) atoms. The second kappa shape index (κ2) is 10.6. The van der Waals surface area contributed by atoms with E-state index in [2.05, 4.69) is 15.4 Å². The number of aliphatic imine (C=N–C) groups is 1. The highest BCUT2D eigenvalue weighted by Crippen LogP contribution is 2.30. The Kier molecular flexibility index (Phi) is 7.91. The summed E-state index contributed by atoms with van der Waals surface area (Å²) < 4.78 is 92.5. The van der Waals surface area contributed by atoms with Crippen LogP contribution in [-0.4, -0.2) is 27.4 Å². The lowest BCUT2D eigenvalue weighted by Crippen LogP contribution is -2.33. The average Bonchev–Trinajstić information content (AvgIpc) is 3.14. The number of nitrogens with two attached hydrogens (primary N) is 1. The molecule has 0 spiro atoms. The number of nitrogens with one attached hydrogen (secondary N) is 1. The molecular formula is C22H15ClF7N5O2. The number of alkyl halides is 6. The highest BCUT2D eigenvalue weighted by atomic mass is 35.5. The van der Waals surface area contributed by atoms with Gasteiger partial charge in [0.25, 0.3) is 5.91 Å². The molecule has 0 aliphatic heterocycles. The summed E-state index contributed by atoms with van der Waals surface area (Å²) in [6.07, 6.45) is -10.1. The molecule has 0 unspecified atom stereocenters. The molecule has 0 saturated carbocycles. The van der Waals surface area contributed by atoms with Gasteiger partial charge < -0.3 is 11.1 Å². The monoisotopic (exact) mass is 549 g/mol. The van der Waals surface area contributed by atoms with Crippen molar-refractivity contribution in [2.24, 2.45) is 10.7 Å². The molecule has 7 nitrogen and oxygen atoms in total. The molecule has 0 saturated heterocycles. The minimum atomic E-state index is -4.88. The van der Waals surface area contributed by atoms with Gasteiger partial charge in [-0.15, -0.1) is 0 Å². The quantitative estimate of drug-likeness (QED) is 0.260. The molecule has 0 fully saturated rings. The number of halogens is 8. The maximum Gasteiger partial charge on any atom is 0.435 e. The van der Waals surface area contributed by atoms with Crippen LogP contribution in [0.2, 0.25) is 5.02 Å². The molecular weight excluding hydrogens is 535 g/mol. The van der Waals surface area contributed by atoms with E-state index in [1.54, 1.807) is 0 Å². The van der Waals surface area contributed by atoms with Gasteiger partial charge in [-0.05, 0) is 48.5 Å². The second-order valence-corrected chi connectivity index (χ2v) is 7.97. The van der Waals surface area contributed by atoms with Gasteiger partial charge in [-0.1, -0.05) is 11.6 Å². The number of benzene rings is 2. The zero-order valence-electron chi connectivity index (χ0n) is 18.3. The van der Waals surface area contributed by atoms with Crippen molar-refractivity contribution in [3.8, 4) is 0 Å². The van der Waals surface area contributed by atoms with E-state index in [0.29, 0.717) is 22.9 Å².